The Morgan fingerprint density at radius 1 is 1.15 bits per heavy atom. The quantitative estimate of drug-likeness (QED) is 0.394. The van der Waals surface area contributed by atoms with Crippen LogP contribution in [-0.2, 0) is 16.9 Å². The standard InChI is InChI=1S/C24H21FN6O3/c1-33-24(9-3-4-10-24)23-28-21(34-29-23)19-20-22(32)30(13-16-6-2-5-11-26-16)18-12-15(25)7-8-17(18)31(20)14-27-19/h2,5-8,11-12,14H,3-4,9-10,13H2,1H3. The van der Waals surface area contributed by atoms with Crippen LogP contribution in [0.2, 0.25) is 0 Å². The van der Waals surface area contributed by atoms with Crippen LogP contribution in [-0.4, -0.2) is 36.2 Å². The van der Waals surface area contributed by atoms with E-state index in [-0.39, 0.29) is 29.2 Å². The van der Waals surface area contributed by atoms with Crippen LogP contribution in [0.25, 0.3) is 28.1 Å². The molecule has 1 aromatic carbocycles. The van der Waals surface area contributed by atoms with Gasteiger partial charge in [-0.15, -0.1) is 0 Å². The number of nitrogens with zero attached hydrogens (tertiary/aromatic N) is 6. The van der Waals surface area contributed by atoms with Crippen molar-refractivity contribution < 1.29 is 13.7 Å². The summed E-state index contributed by atoms with van der Waals surface area (Å²) in [6.07, 6.45) is 6.82. The SMILES string of the molecule is COC1(c2noc(-c3ncn4c3c(=O)n(Cc3ccccn3)c3cc(F)ccc34)n2)CCCC1. The van der Waals surface area contributed by atoms with Crippen LogP contribution in [0, 0.1) is 5.82 Å². The highest BCUT2D eigenvalue weighted by molar-refractivity contribution is 5.83. The van der Waals surface area contributed by atoms with Crippen molar-refractivity contribution in [3.8, 4) is 11.6 Å². The Bertz CT molecular complexity index is 1570. The van der Waals surface area contributed by atoms with E-state index in [1.165, 1.54) is 23.0 Å². The zero-order valence-electron chi connectivity index (χ0n) is 18.4. The monoisotopic (exact) mass is 460 g/mol. The van der Waals surface area contributed by atoms with Crippen LogP contribution in [0.1, 0.15) is 37.2 Å². The average molecular weight is 460 g/mol. The maximum Gasteiger partial charge on any atom is 0.279 e. The number of ether oxygens (including phenoxy) is 1. The van der Waals surface area contributed by atoms with Gasteiger partial charge >= 0.3 is 0 Å². The Morgan fingerprint density at radius 2 is 2.00 bits per heavy atom. The summed E-state index contributed by atoms with van der Waals surface area (Å²) in [5.41, 5.74) is 1.32. The fourth-order valence-electron chi connectivity index (χ4n) is 4.83. The zero-order valence-corrected chi connectivity index (χ0v) is 18.4. The number of aromatic nitrogens is 6. The molecule has 1 saturated carbocycles. The summed E-state index contributed by atoms with van der Waals surface area (Å²) in [5, 5.41) is 4.17. The fraction of sp³-hybridized carbons (Fsp3) is 0.292. The second-order valence-corrected chi connectivity index (χ2v) is 8.49. The van der Waals surface area contributed by atoms with Gasteiger partial charge in [-0.3, -0.25) is 18.7 Å². The Morgan fingerprint density at radius 3 is 2.76 bits per heavy atom. The lowest BCUT2D eigenvalue weighted by Crippen LogP contribution is -2.26. The number of fused-ring (bicyclic) bond motifs is 3. The molecule has 5 aromatic rings. The van der Waals surface area contributed by atoms with Crippen molar-refractivity contribution in [2.75, 3.05) is 7.11 Å². The average Bonchev–Trinajstić information content (AvgIpc) is 3.62. The molecule has 0 spiro atoms. The van der Waals surface area contributed by atoms with Crippen molar-refractivity contribution in [3.63, 3.8) is 0 Å². The zero-order chi connectivity index (χ0) is 23.3. The van der Waals surface area contributed by atoms with E-state index in [0.29, 0.717) is 22.6 Å². The summed E-state index contributed by atoms with van der Waals surface area (Å²) >= 11 is 0. The van der Waals surface area contributed by atoms with Gasteiger partial charge in [0.25, 0.3) is 11.4 Å². The molecule has 34 heavy (non-hydrogen) atoms. The summed E-state index contributed by atoms with van der Waals surface area (Å²) in [5.74, 6) is 0.161. The lowest BCUT2D eigenvalue weighted by Gasteiger charge is -2.22. The predicted octanol–water partition coefficient (Wildman–Crippen LogP) is 3.70. The Hall–Kier alpha value is -3.92. The van der Waals surface area contributed by atoms with E-state index < -0.39 is 11.4 Å². The molecule has 6 rings (SSSR count). The minimum Gasteiger partial charge on any atom is -0.370 e. The van der Waals surface area contributed by atoms with Gasteiger partial charge in [0.05, 0.1) is 23.3 Å². The number of hydrogen-bond acceptors (Lipinski definition) is 7. The van der Waals surface area contributed by atoms with Crippen molar-refractivity contribution in [2.24, 2.45) is 0 Å². The molecule has 0 aliphatic heterocycles. The van der Waals surface area contributed by atoms with Gasteiger partial charge in [-0.05, 0) is 56.0 Å². The normalized spacial score (nSPS) is 15.5. The number of halogens is 1. The van der Waals surface area contributed by atoms with Crippen LogP contribution in [0.3, 0.4) is 0 Å². The third kappa shape index (κ3) is 3.13. The van der Waals surface area contributed by atoms with Gasteiger partial charge in [-0.2, -0.15) is 4.98 Å². The van der Waals surface area contributed by atoms with Crippen LogP contribution < -0.4 is 5.56 Å². The maximum atomic E-state index is 14.2. The molecule has 1 aliphatic carbocycles. The first-order valence-corrected chi connectivity index (χ1v) is 11.1. The number of rotatable bonds is 5. The fourth-order valence-corrected chi connectivity index (χ4v) is 4.83. The van der Waals surface area contributed by atoms with Crippen molar-refractivity contribution in [3.05, 3.63) is 76.6 Å². The van der Waals surface area contributed by atoms with Crippen molar-refractivity contribution >= 4 is 16.6 Å². The van der Waals surface area contributed by atoms with Gasteiger partial charge in [0.15, 0.2) is 5.69 Å². The number of hydrogen-bond donors (Lipinski definition) is 0. The second-order valence-electron chi connectivity index (χ2n) is 8.49. The largest absolute Gasteiger partial charge is 0.370 e. The molecule has 4 aromatic heterocycles. The summed E-state index contributed by atoms with van der Waals surface area (Å²) in [6, 6.07) is 9.76. The molecule has 0 amide bonds. The van der Waals surface area contributed by atoms with Crippen LogP contribution in [0.15, 0.2) is 58.2 Å². The van der Waals surface area contributed by atoms with E-state index in [0.717, 1.165) is 25.7 Å². The smallest absolute Gasteiger partial charge is 0.279 e. The lowest BCUT2D eigenvalue weighted by atomic mass is 10.0. The molecular weight excluding hydrogens is 439 g/mol. The first-order chi connectivity index (χ1) is 16.6. The van der Waals surface area contributed by atoms with E-state index in [1.807, 2.05) is 12.1 Å². The van der Waals surface area contributed by atoms with Crippen LogP contribution >= 0.6 is 0 Å². The van der Waals surface area contributed by atoms with E-state index in [2.05, 4.69) is 20.1 Å². The van der Waals surface area contributed by atoms with E-state index in [1.54, 1.807) is 29.8 Å². The molecule has 0 radical (unpaired) electrons. The molecule has 0 N–H and O–H groups in total. The summed E-state index contributed by atoms with van der Waals surface area (Å²) in [4.78, 5) is 27.1. The van der Waals surface area contributed by atoms with Crippen LogP contribution in [0.4, 0.5) is 4.39 Å². The first-order valence-electron chi connectivity index (χ1n) is 11.1. The van der Waals surface area contributed by atoms with Crippen molar-refractivity contribution in [1.82, 2.24) is 29.1 Å². The van der Waals surface area contributed by atoms with Gasteiger partial charge in [-0.1, -0.05) is 11.2 Å². The van der Waals surface area contributed by atoms with E-state index in [4.69, 9.17) is 9.26 Å². The third-order valence-corrected chi connectivity index (χ3v) is 6.59. The molecule has 1 fully saturated rings. The van der Waals surface area contributed by atoms with E-state index >= 15 is 0 Å². The van der Waals surface area contributed by atoms with Gasteiger partial charge in [0.1, 0.15) is 23.3 Å². The lowest BCUT2D eigenvalue weighted by molar-refractivity contribution is -0.0178. The van der Waals surface area contributed by atoms with Gasteiger partial charge < -0.3 is 9.26 Å². The minimum absolute atomic E-state index is 0.142. The topological polar surface area (TPSA) is 100 Å². The predicted molar refractivity (Wildman–Crippen MR) is 121 cm³/mol. The number of pyridine rings is 1. The van der Waals surface area contributed by atoms with Gasteiger partial charge in [-0.25, -0.2) is 9.37 Å². The summed E-state index contributed by atoms with van der Waals surface area (Å²) in [7, 11) is 1.65. The highest BCUT2D eigenvalue weighted by Gasteiger charge is 2.40. The number of imidazole rings is 1. The molecule has 0 unspecified atom stereocenters. The van der Waals surface area contributed by atoms with Gasteiger partial charge in [0, 0.05) is 13.3 Å². The Kier molecular flexibility index (Phi) is 4.77. The van der Waals surface area contributed by atoms with E-state index in [9.17, 15) is 9.18 Å². The molecule has 4 heterocycles. The first kappa shape index (κ1) is 20.7. The molecule has 0 bridgehead atoms. The highest BCUT2D eigenvalue weighted by atomic mass is 19.1. The number of methoxy groups -OCH3 is 1. The highest BCUT2D eigenvalue weighted by Crippen LogP contribution is 2.40. The Labute approximate surface area is 192 Å². The molecule has 9 nitrogen and oxygen atoms in total. The molecule has 0 saturated heterocycles. The van der Waals surface area contributed by atoms with Crippen LogP contribution in [0.5, 0.6) is 0 Å². The second kappa shape index (κ2) is 7.84. The molecule has 172 valence electrons. The molecular formula is C24H21FN6O3. The third-order valence-electron chi connectivity index (χ3n) is 6.59. The minimum atomic E-state index is -0.583. The molecule has 0 atom stereocenters. The number of benzene rings is 1. The van der Waals surface area contributed by atoms with Crippen molar-refractivity contribution in [2.45, 2.75) is 37.8 Å². The molecule has 10 heteroatoms. The van der Waals surface area contributed by atoms with Crippen molar-refractivity contribution in [1.29, 1.82) is 0 Å². The maximum absolute atomic E-state index is 14.2. The van der Waals surface area contributed by atoms with Gasteiger partial charge in [0.2, 0.25) is 5.82 Å². The summed E-state index contributed by atoms with van der Waals surface area (Å²) in [6.45, 7) is 0.169. The molecule has 1 aliphatic rings. The summed E-state index contributed by atoms with van der Waals surface area (Å²) < 4.78 is 28.6. The Balaban J connectivity index is 1.56.